The highest BCUT2D eigenvalue weighted by Crippen LogP contribution is 2.71. The molecule has 0 heterocycles. The Hall–Kier alpha value is -0.0400. The predicted octanol–water partition coefficient (Wildman–Crippen LogP) is 3.63. The predicted molar refractivity (Wildman–Crippen MR) is 59.3 cm³/mol. The summed E-state index contributed by atoms with van der Waals surface area (Å²) in [5, 5.41) is 0. The molecule has 0 aromatic rings. The van der Waals surface area contributed by atoms with Crippen molar-refractivity contribution in [3.63, 3.8) is 0 Å². The Morgan fingerprint density at radius 1 is 1.29 bits per heavy atom. The van der Waals surface area contributed by atoms with Crippen LogP contribution in [0.3, 0.4) is 0 Å². The Kier molecular flexibility index (Phi) is 2.06. The highest BCUT2D eigenvalue weighted by Gasteiger charge is 2.68. The van der Waals surface area contributed by atoms with E-state index in [4.69, 9.17) is 4.74 Å². The molecular weight excluding hydrogens is 172 g/mol. The summed E-state index contributed by atoms with van der Waals surface area (Å²) < 4.78 is 5.92. The maximum absolute atomic E-state index is 5.92. The van der Waals surface area contributed by atoms with Crippen molar-refractivity contribution in [2.75, 3.05) is 7.11 Å². The molecule has 3 atom stereocenters. The van der Waals surface area contributed by atoms with E-state index in [0.29, 0.717) is 10.8 Å². The molecule has 2 fully saturated rings. The first-order chi connectivity index (χ1) is 6.43. The lowest BCUT2D eigenvalue weighted by Gasteiger charge is -2.47. The molecule has 2 bridgehead atoms. The second kappa shape index (κ2) is 2.75. The zero-order valence-electron chi connectivity index (χ0n) is 10.3. The van der Waals surface area contributed by atoms with E-state index in [2.05, 4.69) is 27.7 Å². The van der Waals surface area contributed by atoms with Crippen LogP contribution in [0.15, 0.2) is 0 Å². The van der Waals surface area contributed by atoms with Gasteiger partial charge in [-0.15, -0.1) is 0 Å². The third kappa shape index (κ3) is 0.856. The molecule has 0 spiro atoms. The van der Waals surface area contributed by atoms with Crippen LogP contribution < -0.4 is 0 Å². The van der Waals surface area contributed by atoms with Gasteiger partial charge in [0.05, 0.1) is 5.60 Å². The number of ether oxygens (including phenoxy) is 1. The molecule has 0 N–H and O–H groups in total. The van der Waals surface area contributed by atoms with Gasteiger partial charge in [-0.25, -0.2) is 0 Å². The fraction of sp³-hybridized carbons (Fsp3) is 1.00. The topological polar surface area (TPSA) is 9.23 Å². The lowest BCUT2D eigenvalue weighted by Crippen LogP contribution is -2.48. The SMILES string of the molecule is CCC1(OC)CC2CCC1(C)C2(C)C. The van der Waals surface area contributed by atoms with Crippen molar-refractivity contribution in [2.45, 2.75) is 59.0 Å². The largest absolute Gasteiger partial charge is 0.378 e. The van der Waals surface area contributed by atoms with Crippen molar-refractivity contribution in [1.29, 1.82) is 0 Å². The summed E-state index contributed by atoms with van der Waals surface area (Å²) in [6.45, 7) is 9.63. The summed E-state index contributed by atoms with van der Waals surface area (Å²) in [5.41, 5.74) is 1.03. The zero-order chi connectivity index (χ0) is 10.6. The number of rotatable bonds is 2. The van der Waals surface area contributed by atoms with Crippen LogP contribution in [-0.2, 0) is 4.74 Å². The molecule has 0 radical (unpaired) electrons. The van der Waals surface area contributed by atoms with Gasteiger partial charge in [0.2, 0.25) is 0 Å². The standard InChI is InChI=1S/C13H24O/c1-6-13(14-5)9-10-7-8-12(13,4)11(10,2)3/h10H,6-9H2,1-5H3. The number of hydrogen-bond acceptors (Lipinski definition) is 1. The fourth-order valence-corrected chi connectivity index (χ4v) is 4.38. The summed E-state index contributed by atoms with van der Waals surface area (Å²) >= 11 is 0. The summed E-state index contributed by atoms with van der Waals surface area (Å²) in [4.78, 5) is 0. The first-order valence-corrected chi connectivity index (χ1v) is 5.99. The van der Waals surface area contributed by atoms with Crippen LogP contribution >= 0.6 is 0 Å². The second-order valence-corrected chi connectivity index (χ2v) is 6.05. The Labute approximate surface area is 88.2 Å². The second-order valence-electron chi connectivity index (χ2n) is 6.05. The van der Waals surface area contributed by atoms with Crippen LogP contribution in [0.5, 0.6) is 0 Å². The summed E-state index contributed by atoms with van der Waals surface area (Å²) in [5.74, 6) is 0.882. The van der Waals surface area contributed by atoms with E-state index in [1.807, 2.05) is 7.11 Å². The Morgan fingerprint density at radius 3 is 2.14 bits per heavy atom. The van der Waals surface area contributed by atoms with Crippen LogP contribution in [0.1, 0.15) is 53.4 Å². The Balaban J connectivity index is 2.44. The van der Waals surface area contributed by atoms with Gasteiger partial charge in [0.25, 0.3) is 0 Å². The normalized spacial score (nSPS) is 49.9. The van der Waals surface area contributed by atoms with Crippen molar-refractivity contribution in [3.8, 4) is 0 Å². The van der Waals surface area contributed by atoms with Gasteiger partial charge in [-0.2, -0.15) is 0 Å². The number of hydrogen-bond donors (Lipinski definition) is 0. The molecule has 0 aromatic carbocycles. The third-order valence-corrected chi connectivity index (χ3v) is 5.98. The highest BCUT2D eigenvalue weighted by atomic mass is 16.5. The monoisotopic (exact) mass is 196 g/mol. The maximum atomic E-state index is 5.92. The van der Waals surface area contributed by atoms with Gasteiger partial charge in [0, 0.05) is 12.5 Å². The van der Waals surface area contributed by atoms with Crippen molar-refractivity contribution in [2.24, 2.45) is 16.7 Å². The lowest BCUT2D eigenvalue weighted by molar-refractivity contribution is -0.119. The molecule has 2 aliphatic rings. The third-order valence-electron chi connectivity index (χ3n) is 5.98. The molecule has 14 heavy (non-hydrogen) atoms. The molecule has 1 nitrogen and oxygen atoms in total. The Morgan fingerprint density at radius 2 is 1.93 bits per heavy atom. The van der Waals surface area contributed by atoms with Gasteiger partial charge in [-0.3, -0.25) is 0 Å². The molecular formula is C13H24O. The summed E-state index contributed by atoms with van der Waals surface area (Å²) in [6.07, 6.45) is 5.21. The quantitative estimate of drug-likeness (QED) is 0.655. The first kappa shape index (κ1) is 10.5. The van der Waals surface area contributed by atoms with Gasteiger partial charge < -0.3 is 4.74 Å². The average molecular weight is 196 g/mol. The van der Waals surface area contributed by atoms with E-state index in [0.717, 1.165) is 5.92 Å². The number of fused-ring (bicyclic) bond motifs is 2. The molecule has 1 heteroatoms. The molecule has 82 valence electrons. The molecule has 2 rings (SSSR count). The van der Waals surface area contributed by atoms with Crippen LogP contribution in [0.4, 0.5) is 0 Å². The highest BCUT2D eigenvalue weighted by molar-refractivity contribution is 5.18. The summed E-state index contributed by atoms with van der Waals surface area (Å²) in [7, 11) is 1.91. The molecule has 0 amide bonds. The van der Waals surface area contributed by atoms with Crippen molar-refractivity contribution >= 4 is 0 Å². The van der Waals surface area contributed by atoms with E-state index >= 15 is 0 Å². The van der Waals surface area contributed by atoms with Crippen molar-refractivity contribution < 1.29 is 4.74 Å². The van der Waals surface area contributed by atoms with E-state index in [1.165, 1.54) is 25.7 Å². The number of methoxy groups -OCH3 is 1. The molecule has 0 aliphatic heterocycles. The Bertz CT molecular complexity index is 240. The average Bonchev–Trinajstić information content (AvgIpc) is 2.48. The van der Waals surface area contributed by atoms with Crippen LogP contribution in [0, 0.1) is 16.7 Å². The molecule has 0 aromatic heterocycles. The van der Waals surface area contributed by atoms with Gasteiger partial charge in [-0.05, 0) is 37.0 Å². The van der Waals surface area contributed by atoms with Crippen LogP contribution in [0.2, 0.25) is 0 Å². The van der Waals surface area contributed by atoms with Crippen molar-refractivity contribution in [1.82, 2.24) is 0 Å². The lowest BCUT2D eigenvalue weighted by atomic mass is 9.63. The molecule has 2 aliphatic carbocycles. The van der Waals surface area contributed by atoms with E-state index in [1.54, 1.807) is 0 Å². The zero-order valence-corrected chi connectivity index (χ0v) is 10.3. The van der Waals surface area contributed by atoms with Gasteiger partial charge in [-0.1, -0.05) is 27.7 Å². The molecule has 2 saturated carbocycles. The van der Waals surface area contributed by atoms with E-state index < -0.39 is 0 Å². The smallest absolute Gasteiger partial charge is 0.0737 e. The van der Waals surface area contributed by atoms with Gasteiger partial charge in [0.1, 0.15) is 0 Å². The van der Waals surface area contributed by atoms with Crippen LogP contribution in [0.25, 0.3) is 0 Å². The van der Waals surface area contributed by atoms with Crippen molar-refractivity contribution in [3.05, 3.63) is 0 Å². The molecule has 0 saturated heterocycles. The fourth-order valence-electron chi connectivity index (χ4n) is 4.38. The van der Waals surface area contributed by atoms with E-state index in [-0.39, 0.29) is 5.60 Å². The van der Waals surface area contributed by atoms with Gasteiger partial charge >= 0.3 is 0 Å². The van der Waals surface area contributed by atoms with Gasteiger partial charge in [0.15, 0.2) is 0 Å². The molecule has 3 unspecified atom stereocenters. The van der Waals surface area contributed by atoms with E-state index in [9.17, 15) is 0 Å². The minimum Gasteiger partial charge on any atom is -0.378 e. The van der Waals surface area contributed by atoms with Crippen LogP contribution in [-0.4, -0.2) is 12.7 Å². The minimum atomic E-state index is 0.166. The maximum Gasteiger partial charge on any atom is 0.0737 e. The first-order valence-electron chi connectivity index (χ1n) is 5.99. The minimum absolute atomic E-state index is 0.166. The summed E-state index contributed by atoms with van der Waals surface area (Å²) in [6, 6.07) is 0.